The first-order valence-corrected chi connectivity index (χ1v) is 10.1. The lowest BCUT2D eigenvalue weighted by Crippen LogP contribution is -2.42. The Kier molecular flexibility index (Phi) is 6.22. The molecule has 0 amide bonds. The van der Waals surface area contributed by atoms with Crippen molar-refractivity contribution in [3.05, 3.63) is 59.9 Å². The Hall–Kier alpha value is -2.70. The summed E-state index contributed by atoms with van der Waals surface area (Å²) in [5.74, 6) is 1.43. The summed E-state index contributed by atoms with van der Waals surface area (Å²) in [6.45, 7) is 3.84. The van der Waals surface area contributed by atoms with Gasteiger partial charge in [0.05, 0.1) is 26.1 Å². The van der Waals surface area contributed by atoms with Gasteiger partial charge >= 0.3 is 0 Å². The minimum absolute atomic E-state index is 0.564. The van der Waals surface area contributed by atoms with Crippen LogP contribution in [0.5, 0.6) is 11.5 Å². The Morgan fingerprint density at radius 1 is 1.03 bits per heavy atom. The molecular weight excluding hydrogens is 364 g/mol. The molecule has 1 N–H and O–H groups in total. The van der Waals surface area contributed by atoms with Crippen molar-refractivity contribution in [3.63, 3.8) is 0 Å². The molecule has 2 heterocycles. The van der Waals surface area contributed by atoms with Gasteiger partial charge in [-0.1, -0.05) is 30.3 Å². The summed E-state index contributed by atoms with van der Waals surface area (Å²) < 4.78 is 10.9. The summed E-state index contributed by atoms with van der Waals surface area (Å²) in [6, 6.07) is 15.1. The first kappa shape index (κ1) is 19.6. The molecule has 4 rings (SSSR count). The van der Waals surface area contributed by atoms with Gasteiger partial charge in [0.15, 0.2) is 11.5 Å². The number of hydrogen-bond donors (Lipinski definition) is 1. The van der Waals surface area contributed by atoms with E-state index in [2.05, 4.69) is 50.7 Å². The summed E-state index contributed by atoms with van der Waals surface area (Å²) in [4.78, 5) is 2.46. The van der Waals surface area contributed by atoms with Gasteiger partial charge < -0.3 is 14.8 Å². The van der Waals surface area contributed by atoms with Crippen LogP contribution in [0.3, 0.4) is 0 Å². The molecule has 3 aromatic rings. The van der Waals surface area contributed by atoms with E-state index in [-0.39, 0.29) is 0 Å². The number of rotatable bonds is 7. The number of piperidine rings is 1. The summed E-state index contributed by atoms with van der Waals surface area (Å²) in [5, 5.41) is 14.4. The molecule has 1 aliphatic heterocycles. The maximum atomic E-state index is 5.47. The lowest BCUT2D eigenvalue weighted by atomic mass is 10.0. The number of ether oxygens (including phenoxy) is 2. The van der Waals surface area contributed by atoms with Gasteiger partial charge in [0, 0.05) is 43.0 Å². The van der Waals surface area contributed by atoms with Gasteiger partial charge in [0.1, 0.15) is 0 Å². The fourth-order valence-electron chi connectivity index (χ4n) is 3.95. The topological polar surface area (TPSA) is 59.5 Å². The average Bonchev–Trinajstić information content (AvgIpc) is 2.78. The van der Waals surface area contributed by atoms with Crippen LogP contribution in [0.2, 0.25) is 0 Å². The second-order valence-electron chi connectivity index (χ2n) is 7.50. The smallest absolute Gasteiger partial charge is 0.161 e. The second-order valence-corrected chi connectivity index (χ2v) is 7.50. The molecule has 0 saturated carbocycles. The molecule has 1 aromatic heterocycles. The van der Waals surface area contributed by atoms with Crippen molar-refractivity contribution in [3.8, 4) is 11.5 Å². The van der Waals surface area contributed by atoms with Crippen molar-refractivity contribution in [1.29, 1.82) is 0 Å². The second kappa shape index (κ2) is 9.20. The van der Waals surface area contributed by atoms with E-state index in [9.17, 15) is 0 Å². The molecule has 1 fully saturated rings. The fraction of sp³-hybridized carbons (Fsp3) is 0.391. The van der Waals surface area contributed by atoms with Gasteiger partial charge in [-0.2, -0.15) is 10.2 Å². The molecule has 6 heteroatoms. The number of aromatic nitrogens is 2. The third kappa shape index (κ3) is 4.66. The normalized spacial score (nSPS) is 15.5. The lowest BCUT2D eigenvalue weighted by Gasteiger charge is -2.32. The van der Waals surface area contributed by atoms with Gasteiger partial charge in [0.2, 0.25) is 0 Å². The highest BCUT2D eigenvalue weighted by Gasteiger charge is 2.20. The van der Waals surface area contributed by atoms with E-state index < -0.39 is 0 Å². The quantitative estimate of drug-likeness (QED) is 0.665. The van der Waals surface area contributed by atoms with Crippen LogP contribution in [0.15, 0.2) is 48.7 Å². The maximum absolute atomic E-state index is 5.47. The van der Waals surface area contributed by atoms with Crippen molar-refractivity contribution in [2.75, 3.05) is 27.3 Å². The summed E-state index contributed by atoms with van der Waals surface area (Å²) in [5.41, 5.74) is 2.32. The Morgan fingerprint density at radius 3 is 2.48 bits per heavy atom. The number of likely N-dealkylation sites (tertiary alicyclic amines) is 1. The maximum Gasteiger partial charge on any atom is 0.161 e. The van der Waals surface area contributed by atoms with E-state index in [4.69, 9.17) is 9.47 Å². The zero-order valence-corrected chi connectivity index (χ0v) is 17.1. The minimum atomic E-state index is 0.564. The summed E-state index contributed by atoms with van der Waals surface area (Å²) in [6.07, 6.45) is 4.06. The molecule has 0 bridgehead atoms. The van der Waals surface area contributed by atoms with E-state index in [0.29, 0.717) is 11.8 Å². The zero-order valence-electron chi connectivity index (χ0n) is 17.1. The first-order chi connectivity index (χ1) is 14.3. The number of fused-ring (bicyclic) bond motifs is 1. The first-order valence-electron chi connectivity index (χ1n) is 10.1. The van der Waals surface area contributed by atoms with E-state index in [0.717, 1.165) is 61.2 Å². The van der Waals surface area contributed by atoms with E-state index >= 15 is 0 Å². The van der Waals surface area contributed by atoms with Crippen LogP contribution >= 0.6 is 0 Å². The molecule has 0 atom stereocenters. The molecule has 0 radical (unpaired) electrons. The molecule has 29 heavy (non-hydrogen) atoms. The highest BCUT2D eigenvalue weighted by atomic mass is 16.5. The van der Waals surface area contributed by atoms with Crippen molar-refractivity contribution in [2.45, 2.75) is 32.0 Å². The summed E-state index contributed by atoms with van der Waals surface area (Å²) in [7, 11) is 3.31. The summed E-state index contributed by atoms with van der Waals surface area (Å²) >= 11 is 0. The number of nitrogens with one attached hydrogen (secondary N) is 1. The Morgan fingerprint density at radius 2 is 1.76 bits per heavy atom. The average molecular weight is 393 g/mol. The molecule has 152 valence electrons. The zero-order chi connectivity index (χ0) is 20.1. The predicted octanol–water partition coefficient (Wildman–Crippen LogP) is 3.40. The Labute approximate surface area is 171 Å². The molecule has 2 aromatic carbocycles. The SMILES string of the molecule is COc1cc2cnnc(CN3CCC(NCc4ccccc4)CC3)c2cc1OC. The molecular formula is C23H28N4O2. The molecule has 1 aliphatic rings. The van der Waals surface area contributed by atoms with Gasteiger partial charge in [-0.05, 0) is 30.5 Å². The number of nitrogens with zero attached hydrogens (tertiary/aromatic N) is 3. The molecule has 6 nitrogen and oxygen atoms in total. The Bertz CT molecular complexity index is 940. The number of benzene rings is 2. The highest BCUT2D eigenvalue weighted by molar-refractivity contribution is 5.87. The van der Waals surface area contributed by atoms with Crippen molar-refractivity contribution < 1.29 is 9.47 Å². The number of methoxy groups -OCH3 is 2. The van der Waals surface area contributed by atoms with Gasteiger partial charge in [-0.3, -0.25) is 4.90 Å². The third-order valence-corrected chi connectivity index (χ3v) is 5.64. The standard InChI is InChI=1S/C23H28N4O2/c1-28-22-12-18-15-25-26-21(20(18)13-23(22)29-2)16-27-10-8-19(9-11-27)24-14-17-6-4-3-5-7-17/h3-7,12-13,15,19,24H,8-11,14,16H2,1-2H3. The fourth-order valence-corrected chi connectivity index (χ4v) is 3.95. The van der Waals surface area contributed by atoms with Gasteiger partial charge in [-0.15, -0.1) is 0 Å². The van der Waals surface area contributed by atoms with Crippen molar-refractivity contribution >= 4 is 10.8 Å². The van der Waals surface area contributed by atoms with E-state index in [1.807, 2.05) is 12.1 Å². The van der Waals surface area contributed by atoms with Crippen LogP contribution in [0.4, 0.5) is 0 Å². The van der Waals surface area contributed by atoms with Crippen LogP contribution < -0.4 is 14.8 Å². The third-order valence-electron chi connectivity index (χ3n) is 5.64. The molecule has 0 unspecified atom stereocenters. The predicted molar refractivity (Wildman–Crippen MR) is 114 cm³/mol. The van der Waals surface area contributed by atoms with Crippen LogP contribution in [0.25, 0.3) is 10.8 Å². The Balaban J connectivity index is 1.38. The van der Waals surface area contributed by atoms with Crippen LogP contribution in [0.1, 0.15) is 24.1 Å². The lowest BCUT2D eigenvalue weighted by molar-refractivity contribution is 0.188. The van der Waals surface area contributed by atoms with Crippen LogP contribution in [0, 0.1) is 0 Å². The molecule has 0 aliphatic carbocycles. The van der Waals surface area contributed by atoms with Gasteiger partial charge in [-0.25, -0.2) is 0 Å². The largest absolute Gasteiger partial charge is 0.493 e. The minimum Gasteiger partial charge on any atom is -0.493 e. The number of hydrogen-bond acceptors (Lipinski definition) is 6. The van der Waals surface area contributed by atoms with E-state index in [1.54, 1.807) is 20.4 Å². The molecule has 1 saturated heterocycles. The van der Waals surface area contributed by atoms with Crippen LogP contribution in [-0.2, 0) is 13.1 Å². The van der Waals surface area contributed by atoms with E-state index in [1.165, 1.54) is 5.56 Å². The molecule has 0 spiro atoms. The monoisotopic (exact) mass is 392 g/mol. The van der Waals surface area contributed by atoms with Gasteiger partial charge in [0.25, 0.3) is 0 Å². The highest BCUT2D eigenvalue weighted by Crippen LogP contribution is 2.33. The van der Waals surface area contributed by atoms with Crippen molar-refractivity contribution in [1.82, 2.24) is 20.4 Å². The van der Waals surface area contributed by atoms with Crippen LogP contribution in [-0.4, -0.2) is 48.4 Å². The van der Waals surface area contributed by atoms with Crippen molar-refractivity contribution in [2.24, 2.45) is 0 Å².